The van der Waals surface area contributed by atoms with E-state index >= 15 is 0 Å². The Balaban J connectivity index is 1.94. The molecule has 1 aromatic carbocycles. The quantitative estimate of drug-likeness (QED) is 0.848. The van der Waals surface area contributed by atoms with Crippen LogP contribution in [0.3, 0.4) is 0 Å². The highest BCUT2D eigenvalue weighted by Gasteiger charge is 2.05. The van der Waals surface area contributed by atoms with Gasteiger partial charge in [-0.25, -0.2) is 4.98 Å². The summed E-state index contributed by atoms with van der Waals surface area (Å²) in [6.45, 7) is 1.22. The lowest BCUT2D eigenvalue weighted by Crippen LogP contribution is -2.31. The highest BCUT2D eigenvalue weighted by molar-refractivity contribution is 7.16. The lowest BCUT2D eigenvalue weighted by atomic mass is 10.2. The molecule has 2 aromatic rings. The first-order valence-electron chi connectivity index (χ1n) is 5.55. The van der Waals surface area contributed by atoms with E-state index in [-0.39, 0.29) is 6.10 Å². The van der Waals surface area contributed by atoms with Crippen molar-refractivity contribution in [1.82, 2.24) is 9.88 Å². The summed E-state index contributed by atoms with van der Waals surface area (Å²) in [5.74, 6) is 0. The summed E-state index contributed by atoms with van der Waals surface area (Å²) < 4.78 is 1.16. The number of aromatic nitrogens is 1. The second kappa shape index (κ2) is 5.44. The van der Waals surface area contributed by atoms with Gasteiger partial charge >= 0.3 is 0 Å². The minimum absolute atomic E-state index is 0.359. The minimum atomic E-state index is -0.359. The van der Waals surface area contributed by atoms with Gasteiger partial charge in [0.2, 0.25) is 0 Å². The van der Waals surface area contributed by atoms with Crippen LogP contribution in [0.4, 0.5) is 5.69 Å². The normalized spacial score (nSPS) is 13.2. The molecule has 4 nitrogen and oxygen atoms in total. The van der Waals surface area contributed by atoms with Crippen molar-refractivity contribution in [2.45, 2.75) is 6.10 Å². The Morgan fingerprint density at radius 1 is 1.47 bits per heavy atom. The van der Waals surface area contributed by atoms with Gasteiger partial charge in [0.25, 0.3) is 0 Å². The molecule has 2 N–H and O–H groups in total. The van der Waals surface area contributed by atoms with Crippen LogP contribution in [0.15, 0.2) is 23.7 Å². The third kappa shape index (κ3) is 3.39. The van der Waals surface area contributed by atoms with Gasteiger partial charge < -0.3 is 15.3 Å². The van der Waals surface area contributed by atoms with Crippen LogP contribution in [0.1, 0.15) is 0 Å². The molecule has 0 amide bonds. The third-order valence-corrected chi connectivity index (χ3v) is 3.24. The van der Waals surface area contributed by atoms with Crippen molar-refractivity contribution in [2.24, 2.45) is 0 Å². The molecular weight excluding hydrogens is 234 g/mol. The van der Waals surface area contributed by atoms with E-state index in [0.29, 0.717) is 13.1 Å². The predicted molar refractivity (Wildman–Crippen MR) is 72.7 cm³/mol. The average molecular weight is 251 g/mol. The lowest BCUT2D eigenvalue weighted by molar-refractivity contribution is 0.148. The zero-order valence-electron chi connectivity index (χ0n) is 10.1. The molecule has 0 aliphatic rings. The van der Waals surface area contributed by atoms with Gasteiger partial charge in [-0.1, -0.05) is 0 Å². The van der Waals surface area contributed by atoms with E-state index in [2.05, 4.69) is 16.4 Å². The maximum atomic E-state index is 9.74. The van der Waals surface area contributed by atoms with Crippen molar-refractivity contribution in [2.75, 3.05) is 32.5 Å². The molecule has 2 rings (SSSR count). The van der Waals surface area contributed by atoms with E-state index in [9.17, 15) is 5.11 Å². The molecule has 0 radical (unpaired) electrons. The highest BCUT2D eigenvalue weighted by Crippen LogP contribution is 2.21. The molecule has 0 fully saturated rings. The van der Waals surface area contributed by atoms with E-state index in [1.165, 1.54) is 0 Å². The van der Waals surface area contributed by atoms with E-state index in [4.69, 9.17) is 0 Å². The third-order valence-electron chi connectivity index (χ3n) is 2.45. The number of aliphatic hydroxyl groups excluding tert-OH is 1. The summed E-state index contributed by atoms with van der Waals surface area (Å²) in [7, 11) is 3.90. The van der Waals surface area contributed by atoms with Crippen LogP contribution in [-0.4, -0.2) is 48.3 Å². The Morgan fingerprint density at radius 2 is 2.29 bits per heavy atom. The van der Waals surface area contributed by atoms with Crippen LogP contribution < -0.4 is 5.32 Å². The summed E-state index contributed by atoms with van der Waals surface area (Å²) in [4.78, 5) is 6.20. The number of anilines is 1. The number of nitrogens with one attached hydrogen (secondary N) is 1. The van der Waals surface area contributed by atoms with E-state index in [0.717, 1.165) is 15.9 Å². The summed E-state index contributed by atoms with van der Waals surface area (Å²) in [6, 6.07) is 6.05. The number of rotatable bonds is 5. The van der Waals surface area contributed by atoms with Gasteiger partial charge in [0, 0.05) is 18.8 Å². The summed E-state index contributed by atoms with van der Waals surface area (Å²) in [5, 5.41) is 13.0. The smallest absolute Gasteiger partial charge is 0.0838 e. The summed E-state index contributed by atoms with van der Waals surface area (Å²) >= 11 is 1.62. The van der Waals surface area contributed by atoms with Crippen molar-refractivity contribution >= 4 is 27.2 Å². The number of hydrogen-bond donors (Lipinski definition) is 2. The van der Waals surface area contributed by atoms with Gasteiger partial charge in [0.05, 0.1) is 21.8 Å². The van der Waals surface area contributed by atoms with Crippen molar-refractivity contribution in [1.29, 1.82) is 0 Å². The van der Waals surface area contributed by atoms with Gasteiger partial charge in [-0.3, -0.25) is 0 Å². The van der Waals surface area contributed by atoms with E-state index in [1.54, 1.807) is 11.3 Å². The van der Waals surface area contributed by atoms with E-state index in [1.807, 2.05) is 36.6 Å². The fraction of sp³-hybridized carbons (Fsp3) is 0.417. The number of fused-ring (bicyclic) bond motifs is 1. The van der Waals surface area contributed by atoms with Crippen LogP contribution in [-0.2, 0) is 0 Å². The molecule has 92 valence electrons. The maximum absolute atomic E-state index is 9.74. The summed E-state index contributed by atoms with van der Waals surface area (Å²) in [6.07, 6.45) is -0.359. The number of likely N-dealkylation sites (N-methyl/N-ethyl adjacent to an activating group) is 1. The second-order valence-electron chi connectivity index (χ2n) is 4.33. The molecule has 0 bridgehead atoms. The molecule has 0 spiro atoms. The monoisotopic (exact) mass is 251 g/mol. The maximum Gasteiger partial charge on any atom is 0.0838 e. The first-order chi connectivity index (χ1) is 8.15. The zero-order valence-corrected chi connectivity index (χ0v) is 10.9. The molecule has 1 heterocycles. The fourth-order valence-electron chi connectivity index (χ4n) is 1.69. The van der Waals surface area contributed by atoms with Crippen molar-refractivity contribution < 1.29 is 5.11 Å². The Kier molecular flexibility index (Phi) is 3.93. The first kappa shape index (κ1) is 12.3. The van der Waals surface area contributed by atoms with Crippen molar-refractivity contribution in [3.05, 3.63) is 23.7 Å². The number of nitrogens with zero attached hydrogens (tertiary/aromatic N) is 2. The highest BCUT2D eigenvalue weighted by atomic mass is 32.1. The van der Waals surface area contributed by atoms with Crippen molar-refractivity contribution in [3.63, 3.8) is 0 Å². The minimum Gasteiger partial charge on any atom is -0.390 e. The van der Waals surface area contributed by atoms with Crippen LogP contribution in [0.2, 0.25) is 0 Å². The molecule has 0 saturated heterocycles. The topological polar surface area (TPSA) is 48.4 Å². The van der Waals surface area contributed by atoms with Crippen molar-refractivity contribution in [3.8, 4) is 0 Å². The standard InChI is InChI=1S/C12H17N3OS/c1-15(2)7-10(16)6-13-9-3-4-11-12(5-9)17-8-14-11/h3-5,8,10,13,16H,6-7H2,1-2H3. The molecule has 17 heavy (non-hydrogen) atoms. The van der Waals surface area contributed by atoms with Crippen LogP contribution >= 0.6 is 11.3 Å². The van der Waals surface area contributed by atoms with Gasteiger partial charge in [-0.2, -0.15) is 0 Å². The van der Waals surface area contributed by atoms with E-state index < -0.39 is 0 Å². The molecular formula is C12H17N3OS. The average Bonchev–Trinajstić information content (AvgIpc) is 2.72. The Labute approximate surface area is 105 Å². The Bertz CT molecular complexity index is 483. The number of benzene rings is 1. The molecule has 0 aliphatic carbocycles. The zero-order chi connectivity index (χ0) is 12.3. The Hall–Kier alpha value is -1.17. The largest absolute Gasteiger partial charge is 0.390 e. The second-order valence-corrected chi connectivity index (χ2v) is 5.22. The molecule has 5 heteroatoms. The molecule has 0 saturated carbocycles. The summed E-state index contributed by atoms with van der Waals surface area (Å²) in [5.41, 5.74) is 3.89. The predicted octanol–water partition coefficient (Wildman–Crippen LogP) is 1.63. The van der Waals surface area contributed by atoms with Gasteiger partial charge in [-0.05, 0) is 32.3 Å². The van der Waals surface area contributed by atoms with Crippen LogP contribution in [0.25, 0.3) is 10.2 Å². The number of hydrogen-bond acceptors (Lipinski definition) is 5. The van der Waals surface area contributed by atoms with Gasteiger partial charge in [0.15, 0.2) is 0 Å². The van der Waals surface area contributed by atoms with Gasteiger partial charge in [0.1, 0.15) is 0 Å². The molecule has 1 atom stereocenters. The first-order valence-corrected chi connectivity index (χ1v) is 6.43. The van der Waals surface area contributed by atoms with Gasteiger partial charge in [-0.15, -0.1) is 11.3 Å². The molecule has 1 aromatic heterocycles. The Morgan fingerprint density at radius 3 is 3.06 bits per heavy atom. The van der Waals surface area contributed by atoms with Crippen LogP contribution in [0, 0.1) is 0 Å². The van der Waals surface area contributed by atoms with Crippen LogP contribution in [0.5, 0.6) is 0 Å². The lowest BCUT2D eigenvalue weighted by Gasteiger charge is -2.16. The number of thiazole rings is 1. The molecule has 0 aliphatic heterocycles. The molecule has 1 unspecified atom stereocenters. The number of aliphatic hydroxyl groups is 1. The fourth-order valence-corrected chi connectivity index (χ4v) is 2.40. The SMILES string of the molecule is CN(C)CC(O)CNc1ccc2ncsc2c1.